The lowest BCUT2D eigenvalue weighted by molar-refractivity contribution is 0.660. The van der Waals surface area contributed by atoms with E-state index in [2.05, 4.69) is 215 Å². The van der Waals surface area contributed by atoms with Gasteiger partial charge in [-0.25, -0.2) is 0 Å². The maximum absolute atomic E-state index is 7.23. The van der Waals surface area contributed by atoms with E-state index in [1.165, 1.54) is 50.1 Å². The Morgan fingerprint density at radius 3 is 1.73 bits per heavy atom. The van der Waals surface area contributed by atoms with Crippen LogP contribution in [0, 0.1) is 0 Å². The van der Waals surface area contributed by atoms with E-state index in [0.717, 1.165) is 77.6 Å². The number of furan rings is 2. The van der Waals surface area contributed by atoms with Gasteiger partial charge in [-0.1, -0.05) is 155 Å². The maximum Gasteiger partial charge on any atom is 0.144 e. The topological polar surface area (TPSA) is 29.5 Å². The molecule has 2 heterocycles. The van der Waals surface area contributed by atoms with Gasteiger partial charge in [0.2, 0.25) is 0 Å². The van der Waals surface area contributed by atoms with Crippen molar-refractivity contribution in [1.29, 1.82) is 0 Å². The Morgan fingerprint density at radius 2 is 0.952 bits per heavy atom. The number of para-hydroxylation sites is 1. The number of benzene rings is 9. The Balaban J connectivity index is 1.03. The van der Waals surface area contributed by atoms with Crippen LogP contribution in [-0.4, -0.2) is 0 Å². The largest absolute Gasteiger partial charge is 0.456 e. The molecule has 0 N–H and O–H groups in total. The van der Waals surface area contributed by atoms with E-state index in [-0.39, 0.29) is 10.8 Å². The van der Waals surface area contributed by atoms with Crippen molar-refractivity contribution in [2.24, 2.45) is 0 Å². The van der Waals surface area contributed by atoms with Crippen molar-refractivity contribution in [3.05, 3.63) is 210 Å². The molecule has 0 saturated heterocycles. The van der Waals surface area contributed by atoms with Crippen LogP contribution in [-0.2, 0) is 10.8 Å². The second kappa shape index (κ2) is 13.0. The smallest absolute Gasteiger partial charge is 0.144 e. The van der Waals surface area contributed by atoms with Crippen LogP contribution < -0.4 is 4.90 Å². The number of hydrogen-bond acceptors (Lipinski definition) is 3. The average Bonchev–Trinajstić information content (AvgIpc) is 4.01. The lowest BCUT2D eigenvalue weighted by Gasteiger charge is -2.28. The van der Waals surface area contributed by atoms with Crippen LogP contribution in [0.25, 0.3) is 88.4 Å². The fourth-order valence-electron chi connectivity index (χ4n) is 11.1. The molecular formula is C60H43NO2. The zero-order valence-corrected chi connectivity index (χ0v) is 35.7. The van der Waals surface area contributed by atoms with Crippen LogP contribution in [0.15, 0.2) is 197 Å². The van der Waals surface area contributed by atoms with Crippen molar-refractivity contribution < 1.29 is 8.83 Å². The molecule has 0 saturated carbocycles. The Hall–Kier alpha value is -7.62. The van der Waals surface area contributed by atoms with Crippen molar-refractivity contribution in [2.75, 3.05) is 4.90 Å². The summed E-state index contributed by atoms with van der Waals surface area (Å²) >= 11 is 0. The molecule has 63 heavy (non-hydrogen) atoms. The molecule has 3 heteroatoms. The van der Waals surface area contributed by atoms with Gasteiger partial charge in [-0.3, -0.25) is 0 Å². The lowest BCUT2D eigenvalue weighted by atomic mass is 9.81. The van der Waals surface area contributed by atoms with Crippen molar-refractivity contribution >= 4 is 60.9 Å². The normalized spacial score (nSPS) is 14.3. The Bertz CT molecular complexity index is 3690. The van der Waals surface area contributed by atoms with Gasteiger partial charge in [0.25, 0.3) is 0 Å². The van der Waals surface area contributed by atoms with Crippen LogP contribution in [0.1, 0.15) is 49.9 Å². The van der Waals surface area contributed by atoms with Gasteiger partial charge in [0, 0.05) is 61.1 Å². The van der Waals surface area contributed by atoms with E-state index in [0.29, 0.717) is 0 Å². The number of anilines is 3. The zero-order chi connectivity index (χ0) is 42.2. The first kappa shape index (κ1) is 36.1. The van der Waals surface area contributed by atoms with Crippen LogP contribution in [0.4, 0.5) is 17.1 Å². The van der Waals surface area contributed by atoms with E-state index >= 15 is 0 Å². The molecule has 11 aromatic rings. The summed E-state index contributed by atoms with van der Waals surface area (Å²) in [5, 5.41) is 4.25. The maximum atomic E-state index is 7.23. The molecule has 2 aromatic heterocycles. The van der Waals surface area contributed by atoms with Crippen LogP contribution in [0.3, 0.4) is 0 Å². The third kappa shape index (κ3) is 5.14. The molecule has 0 amide bonds. The monoisotopic (exact) mass is 809 g/mol. The SMILES string of the molecule is CC1(C)c2ccccc2-c2ccc(-c3c4oc5cc(N(c6cccc(-c7ccccc7)c6)c6ccc7c(c6)C(C)(C)c6ccccc6-7)ccc5c4cc4oc5ccccc5c34)cc21. The Labute approximate surface area is 366 Å². The zero-order valence-electron chi connectivity index (χ0n) is 35.7. The summed E-state index contributed by atoms with van der Waals surface area (Å²) in [6.07, 6.45) is 0. The lowest BCUT2D eigenvalue weighted by Crippen LogP contribution is -2.16. The van der Waals surface area contributed by atoms with Gasteiger partial charge < -0.3 is 13.7 Å². The molecule has 2 aliphatic carbocycles. The molecule has 2 aliphatic rings. The van der Waals surface area contributed by atoms with Crippen LogP contribution in [0.5, 0.6) is 0 Å². The molecular weight excluding hydrogens is 767 g/mol. The first-order valence-corrected chi connectivity index (χ1v) is 22.0. The molecule has 0 aliphatic heterocycles. The number of nitrogens with zero attached hydrogens (tertiary/aromatic N) is 1. The summed E-state index contributed by atoms with van der Waals surface area (Å²) in [7, 11) is 0. The number of fused-ring (bicyclic) bond motifs is 12. The van der Waals surface area contributed by atoms with Crippen LogP contribution >= 0.6 is 0 Å². The minimum atomic E-state index is -0.146. The minimum absolute atomic E-state index is 0.144. The molecule has 300 valence electrons. The van der Waals surface area contributed by atoms with Gasteiger partial charge in [0.05, 0.1) is 0 Å². The van der Waals surface area contributed by atoms with E-state index < -0.39 is 0 Å². The summed E-state index contributed by atoms with van der Waals surface area (Å²) < 4.78 is 13.9. The quantitative estimate of drug-likeness (QED) is 0.173. The van der Waals surface area contributed by atoms with Crippen molar-refractivity contribution in [3.8, 4) is 44.5 Å². The number of rotatable bonds is 5. The first-order valence-electron chi connectivity index (χ1n) is 22.0. The fourth-order valence-corrected chi connectivity index (χ4v) is 11.1. The molecule has 13 rings (SSSR count). The molecule has 0 fully saturated rings. The first-order chi connectivity index (χ1) is 30.7. The summed E-state index contributed by atoms with van der Waals surface area (Å²) in [5.41, 5.74) is 21.5. The van der Waals surface area contributed by atoms with Gasteiger partial charge in [-0.05, 0) is 116 Å². The van der Waals surface area contributed by atoms with Gasteiger partial charge in [0.1, 0.15) is 22.3 Å². The summed E-state index contributed by atoms with van der Waals surface area (Å²) in [6, 6.07) is 68.4. The van der Waals surface area contributed by atoms with Crippen molar-refractivity contribution in [3.63, 3.8) is 0 Å². The number of hydrogen-bond donors (Lipinski definition) is 0. The highest BCUT2D eigenvalue weighted by Crippen LogP contribution is 2.53. The Morgan fingerprint density at radius 1 is 0.349 bits per heavy atom. The van der Waals surface area contributed by atoms with Gasteiger partial charge in [-0.15, -0.1) is 0 Å². The molecule has 9 aromatic carbocycles. The molecule has 0 unspecified atom stereocenters. The third-order valence-corrected chi connectivity index (χ3v) is 14.3. The predicted molar refractivity (Wildman–Crippen MR) is 262 cm³/mol. The summed E-state index contributed by atoms with van der Waals surface area (Å²) in [6.45, 7) is 9.38. The molecule has 0 bridgehead atoms. The van der Waals surface area contributed by atoms with Gasteiger partial charge >= 0.3 is 0 Å². The van der Waals surface area contributed by atoms with E-state index in [1.54, 1.807) is 0 Å². The summed E-state index contributed by atoms with van der Waals surface area (Å²) in [4.78, 5) is 2.39. The third-order valence-electron chi connectivity index (χ3n) is 14.3. The van der Waals surface area contributed by atoms with Crippen molar-refractivity contribution in [2.45, 2.75) is 38.5 Å². The fraction of sp³-hybridized carbons (Fsp3) is 0.100. The van der Waals surface area contributed by atoms with Crippen LogP contribution in [0.2, 0.25) is 0 Å². The van der Waals surface area contributed by atoms with Gasteiger partial charge in [0.15, 0.2) is 0 Å². The van der Waals surface area contributed by atoms with Crippen molar-refractivity contribution in [1.82, 2.24) is 0 Å². The molecule has 3 nitrogen and oxygen atoms in total. The second-order valence-electron chi connectivity index (χ2n) is 18.5. The molecule has 0 atom stereocenters. The highest BCUT2D eigenvalue weighted by atomic mass is 16.3. The highest BCUT2D eigenvalue weighted by Gasteiger charge is 2.37. The standard InChI is InChI=1S/C60H43NO2/c1-59(2)49-22-11-8-19-42(49)44-28-25-38(32-51(44)59)56-57-47-21-10-13-24-53(47)62-55(57)35-48-46-30-27-41(34-54(46)63-58(48)56)61(39-18-14-17-37(31-39)36-15-6-5-7-16-36)40-26-29-45-43-20-9-12-23-50(43)60(3,4)52(45)33-40/h5-35H,1-4H3. The Kier molecular flexibility index (Phi) is 7.42. The van der Waals surface area contributed by atoms with E-state index in [4.69, 9.17) is 8.83 Å². The predicted octanol–water partition coefficient (Wildman–Crippen LogP) is 16.9. The molecule has 0 spiro atoms. The second-order valence-corrected chi connectivity index (χ2v) is 18.5. The summed E-state index contributed by atoms with van der Waals surface area (Å²) in [5.74, 6) is 0. The van der Waals surface area contributed by atoms with E-state index in [1.807, 2.05) is 6.07 Å². The highest BCUT2D eigenvalue weighted by molar-refractivity contribution is 6.23. The molecule has 0 radical (unpaired) electrons. The minimum Gasteiger partial charge on any atom is -0.456 e. The average molecular weight is 810 g/mol. The van der Waals surface area contributed by atoms with E-state index in [9.17, 15) is 0 Å². The van der Waals surface area contributed by atoms with Gasteiger partial charge in [-0.2, -0.15) is 0 Å².